The number of amides is 1. The van der Waals surface area contributed by atoms with E-state index in [1.54, 1.807) is 30.5 Å². The number of nitrogens with zero attached hydrogens (tertiary/aromatic N) is 2. The predicted molar refractivity (Wildman–Crippen MR) is 99.6 cm³/mol. The maximum atomic E-state index is 12.3. The van der Waals surface area contributed by atoms with E-state index in [1.165, 1.54) is 6.20 Å². The lowest BCUT2D eigenvalue weighted by molar-refractivity contribution is -0.127. The summed E-state index contributed by atoms with van der Waals surface area (Å²) in [6.07, 6.45) is 4.63. The van der Waals surface area contributed by atoms with Gasteiger partial charge in [0, 0.05) is 22.3 Å². The molecule has 3 saturated carbocycles. The maximum absolute atomic E-state index is 12.3. The van der Waals surface area contributed by atoms with Gasteiger partial charge in [-0.3, -0.25) is 15.1 Å². The Kier molecular flexibility index (Phi) is 4.53. The summed E-state index contributed by atoms with van der Waals surface area (Å²) in [6.45, 7) is 1.97. The van der Waals surface area contributed by atoms with Gasteiger partial charge in [-0.05, 0) is 50.5 Å². The molecule has 3 fully saturated rings. The summed E-state index contributed by atoms with van der Waals surface area (Å²) in [4.78, 5) is 20.5. The Hall–Kier alpha value is -2.22. The molecule has 1 heterocycles. The maximum Gasteiger partial charge on any atom is 0.271 e. The number of carbonyl (C=O) groups is 1. The van der Waals surface area contributed by atoms with E-state index in [4.69, 9.17) is 16.3 Å². The van der Waals surface area contributed by atoms with Crippen molar-refractivity contribution in [3.63, 3.8) is 0 Å². The quantitative estimate of drug-likeness (QED) is 0.626. The normalized spacial score (nSPS) is 26.5. The summed E-state index contributed by atoms with van der Waals surface area (Å²) < 4.78 is 5.56. The number of halogens is 1. The van der Waals surface area contributed by atoms with Crippen LogP contribution in [-0.2, 0) is 0 Å². The summed E-state index contributed by atoms with van der Waals surface area (Å²) in [5.74, 6) is 0.447. The highest BCUT2D eigenvalue weighted by Gasteiger charge is 2.69. The Morgan fingerprint density at radius 3 is 2.56 bits per heavy atom. The van der Waals surface area contributed by atoms with Gasteiger partial charge in [-0.2, -0.15) is 0 Å². The van der Waals surface area contributed by atoms with Crippen molar-refractivity contribution in [2.45, 2.75) is 43.5 Å². The van der Waals surface area contributed by atoms with Crippen molar-refractivity contribution in [1.29, 1.82) is 0 Å². The predicted octanol–water partition coefficient (Wildman–Crippen LogP) is 1.83. The van der Waals surface area contributed by atoms with E-state index in [0.717, 1.165) is 25.0 Å². The van der Waals surface area contributed by atoms with Gasteiger partial charge in [-0.25, -0.2) is 4.98 Å². The number of carbonyl (C=O) groups excluding carboxylic acids is 1. The van der Waals surface area contributed by atoms with Crippen molar-refractivity contribution in [2.75, 3.05) is 6.61 Å². The molecule has 1 amide bonds. The molecule has 0 spiro atoms. The molecule has 2 bridgehead atoms. The number of aromatic nitrogens is 2. The van der Waals surface area contributed by atoms with Crippen LogP contribution in [0.4, 0.5) is 0 Å². The third-order valence-electron chi connectivity index (χ3n) is 5.12. The Morgan fingerprint density at radius 2 is 1.93 bits per heavy atom. The fourth-order valence-electron chi connectivity index (χ4n) is 3.99. The molecular formula is C19H21ClN4O3. The first kappa shape index (κ1) is 18.2. The molecule has 1 aromatic heterocycles. The number of benzene rings is 1. The van der Waals surface area contributed by atoms with E-state index < -0.39 is 6.23 Å². The van der Waals surface area contributed by atoms with Crippen LogP contribution in [0.3, 0.4) is 0 Å². The number of aliphatic hydroxyl groups is 1. The molecule has 142 valence electrons. The SMILES string of the molecule is Cc1cnc(C(=O)NC23CC(NC(O)COc4ccc(Cl)cc4)(C2)C3)cn1. The van der Waals surface area contributed by atoms with Gasteiger partial charge in [0.05, 0.1) is 11.9 Å². The first-order valence-electron chi connectivity index (χ1n) is 8.82. The summed E-state index contributed by atoms with van der Waals surface area (Å²) in [5, 5.41) is 17.1. The second-order valence-corrected chi connectivity index (χ2v) is 7.95. The first-order valence-corrected chi connectivity index (χ1v) is 9.20. The molecule has 3 aliphatic rings. The summed E-state index contributed by atoms with van der Waals surface area (Å²) >= 11 is 5.83. The molecule has 0 saturated heterocycles. The minimum absolute atomic E-state index is 0.130. The minimum Gasteiger partial charge on any atom is -0.489 e. The standard InChI is InChI=1S/C19H21ClN4O3/c1-12-6-22-15(7-21-12)17(26)24-19-9-18(10-19,11-19)23-16(25)8-27-14-4-2-13(20)3-5-14/h2-7,16,23,25H,8-11H2,1H3,(H,24,26). The summed E-state index contributed by atoms with van der Waals surface area (Å²) in [7, 11) is 0. The van der Waals surface area contributed by atoms with E-state index >= 15 is 0 Å². The molecule has 5 rings (SSSR count). The summed E-state index contributed by atoms with van der Waals surface area (Å²) in [5.41, 5.74) is 0.765. The minimum atomic E-state index is -0.780. The number of hydrogen-bond acceptors (Lipinski definition) is 6. The van der Waals surface area contributed by atoms with Crippen molar-refractivity contribution in [1.82, 2.24) is 20.6 Å². The Labute approximate surface area is 162 Å². The molecule has 1 atom stereocenters. The van der Waals surface area contributed by atoms with Crippen LogP contribution in [0.1, 0.15) is 35.4 Å². The first-order chi connectivity index (χ1) is 12.9. The highest BCUT2D eigenvalue weighted by atomic mass is 35.5. The lowest BCUT2D eigenvalue weighted by atomic mass is 9.44. The van der Waals surface area contributed by atoms with Crippen LogP contribution in [0.2, 0.25) is 5.02 Å². The Balaban J connectivity index is 1.22. The van der Waals surface area contributed by atoms with E-state index in [1.807, 2.05) is 6.92 Å². The van der Waals surface area contributed by atoms with Crippen molar-refractivity contribution in [2.24, 2.45) is 0 Å². The second-order valence-electron chi connectivity index (χ2n) is 7.51. The van der Waals surface area contributed by atoms with Gasteiger partial charge in [0.1, 0.15) is 24.3 Å². The average Bonchev–Trinajstić information content (AvgIpc) is 2.59. The van der Waals surface area contributed by atoms with Gasteiger partial charge >= 0.3 is 0 Å². The average molecular weight is 389 g/mol. The van der Waals surface area contributed by atoms with E-state index in [-0.39, 0.29) is 23.6 Å². The molecule has 27 heavy (non-hydrogen) atoms. The number of hydrogen-bond donors (Lipinski definition) is 3. The molecular weight excluding hydrogens is 368 g/mol. The van der Waals surface area contributed by atoms with Crippen molar-refractivity contribution in [3.05, 3.63) is 53.1 Å². The van der Waals surface area contributed by atoms with E-state index in [9.17, 15) is 9.90 Å². The van der Waals surface area contributed by atoms with E-state index in [2.05, 4.69) is 20.6 Å². The van der Waals surface area contributed by atoms with Gasteiger partial charge < -0.3 is 15.2 Å². The molecule has 0 aliphatic heterocycles. The zero-order valence-corrected chi connectivity index (χ0v) is 15.7. The lowest BCUT2D eigenvalue weighted by Crippen LogP contribution is -2.84. The van der Waals surface area contributed by atoms with Crippen LogP contribution in [0.15, 0.2) is 36.7 Å². The Bertz CT molecular complexity index is 821. The molecule has 3 aliphatic carbocycles. The molecule has 2 aromatic rings. The van der Waals surface area contributed by atoms with Gasteiger partial charge in [-0.15, -0.1) is 0 Å². The number of nitrogens with one attached hydrogen (secondary N) is 2. The van der Waals surface area contributed by atoms with Crippen LogP contribution >= 0.6 is 11.6 Å². The molecule has 1 unspecified atom stereocenters. The van der Waals surface area contributed by atoms with Crippen LogP contribution in [0.5, 0.6) is 5.75 Å². The smallest absolute Gasteiger partial charge is 0.271 e. The molecule has 8 heteroatoms. The Morgan fingerprint density at radius 1 is 1.22 bits per heavy atom. The van der Waals surface area contributed by atoms with Crippen LogP contribution < -0.4 is 15.4 Å². The van der Waals surface area contributed by atoms with Crippen LogP contribution in [0.25, 0.3) is 0 Å². The fraction of sp³-hybridized carbons (Fsp3) is 0.421. The number of rotatable bonds is 7. The van der Waals surface area contributed by atoms with Gasteiger partial charge in [-0.1, -0.05) is 11.6 Å². The van der Waals surface area contributed by atoms with Crippen molar-refractivity contribution < 1.29 is 14.6 Å². The van der Waals surface area contributed by atoms with Crippen molar-refractivity contribution in [3.8, 4) is 5.75 Å². The third kappa shape index (κ3) is 3.76. The number of ether oxygens (including phenoxy) is 1. The summed E-state index contributed by atoms with van der Waals surface area (Å²) in [6, 6.07) is 6.99. The van der Waals surface area contributed by atoms with Crippen LogP contribution in [0, 0.1) is 6.92 Å². The molecule has 1 aromatic carbocycles. The highest BCUT2D eigenvalue weighted by molar-refractivity contribution is 6.30. The third-order valence-corrected chi connectivity index (χ3v) is 5.37. The van der Waals surface area contributed by atoms with Gasteiger partial charge in [0.15, 0.2) is 0 Å². The van der Waals surface area contributed by atoms with Crippen LogP contribution in [-0.4, -0.2) is 44.9 Å². The zero-order valence-electron chi connectivity index (χ0n) is 14.9. The fourth-order valence-corrected chi connectivity index (χ4v) is 4.12. The van der Waals surface area contributed by atoms with Gasteiger partial charge in [0.2, 0.25) is 0 Å². The molecule has 7 nitrogen and oxygen atoms in total. The second kappa shape index (κ2) is 6.74. The number of aliphatic hydroxyl groups excluding tert-OH is 1. The highest BCUT2D eigenvalue weighted by Crippen LogP contribution is 2.60. The van der Waals surface area contributed by atoms with Crippen molar-refractivity contribution >= 4 is 17.5 Å². The number of aryl methyl sites for hydroxylation is 1. The monoisotopic (exact) mass is 388 g/mol. The lowest BCUT2D eigenvalue weighted by Gasteiger charge is -2.71. The molecule has 3 N–H and O–H groups in total. The topological polar surface area (TPSA) is 96.4 Å². The van der Waals surface area contributed by atoms with E-state index in [0.29, 0.717) is 16.5 Å². The molecule has 0 radical (unpaired) electrons. The zero-order chi connectivity index (χ0) is 19.1. The van der Waals surface area contributed by atoms with Gasteiger partial charge in [0.25, 0.3) is 5.91 Å². The largest absolute Gasteiger partial charge is 0.489 e.